The van der Waals surface area contributed by atoms with Crippen molar-refractivity contribution < 1.29 is 14.1 Å². The Morgan fingerprint density at radius 2 is 2.12 bits per heavy atom. The first-order valence-electron chi connectivity index (χ1n) is 11.7. The molecule has 3 aromatic rings. The van der Waals surface area contributed by atoms with E-state index < -0.39 is 5.76 Å². The minimum atomic E-state index is -0.592. The summed E-state index contributed by atoms with van der Waals surface area (Å²) in [5, 5.41) is 9.99. The molecule has 0 saturated heterocycles. The maximum Gasteiger partial charge on any atom is 0.439 e. The van der Waals surface area contributed by atoms with E-state index in [1.807, 2.05) is 18.2 Å². The summed E-state index contributed by atoms with van der Waals surface area (Å²) in [7, 11) is 0. The molecule has 176 valence electrons. The average Bonchev–Trinajstić information content (AvgIpc) is 3.49. The van der Waals surface area contributed by atoms with E-state index in [-0.39, 0.29) is 5.91 Å². The first kappa shape index (κ1) is 23.2. The lowest BCUT2D eigenvalue weighted by molar-refractivity contribution is -0.121. The highest BCUT2D eigenvalue weighted by molar-refractivity contribution is 7.09. The van der Waals surface area contributed by atoms with Gasteiger partial charge in [-0.25, -0.2) is 9.78 Å². The molecule has 1 saturated carbocycles. The van der Waals surface area contributed by atoms with Gasteiger partial charge in [-0.2, -0.15) is 0 Å². The number of aromatic nitrogens is 3. The summed E-state index contributed by atoms with van der Waals surface area (Å²) in [6.07, 6.45) is 9.31. The van der Waals surface area contributed by atoms with Gasteiger partial charge in [-0.3, -0.25) is 14.3 Å². The second-order valence-corrected chi connectivity index (χ2v) is 9.32. The predicted molar refractivity (Wildman–Crippen MR) is 127 cm³/mol. The number of thiazole rings is 1. The number of carbonyl (C=O) groups excluding carboxylic acids is 1. The third-order valence-corrected chi connectivity index (χ3v) is 6.80. The van der Waals surface area contributed by atoms with Gasteiger partial charge >= 0.3 is 5.76 Å². The number of ether oxygens (including phenoxy) is 1. The van der Waals surface area contributed by atoms with Crippen LogP contribution in [0.1, 0.15) is 68.0 Å². The highest BCUT2D eigenvalue weighted by Gasteiger charge is 2.18. The highest BCUT2D eigenvalue weighted by Crippen LogP contribution is 2.33. The zero-order chi connectivity index (χ0) is 22.9. The lowest BCUT2D eigenvalue weighted by Gasteiger charge is -2.19. The number of nitrogens with one attached hydrogen (secondary N) is 2. The third kappa shape index (κ3) is 7.02. The number of hydrogen-bond donors (Lipinski definition) is 2. The molecular weight excluding hydrogens is 440 g/mol. The van der Waals surface area contributed by atoms with E-state index in [1.54, 1.807) is 17.4 Å². The fraction of sp³-hybridized carbons (Fsp3) is 0.500. The normalized spacial score (nSPS) is 14.3. The standard InChI is InChI=1S/C24H30N4O4S/c29-21(25-13-12-22-26-20(16-33-22)17-7-2-1-3-8-17)11-4-5-14-31-19-10-6-9-18(15-19)23-27-24(30)32-28-23/h6,9-10,15-17H,1-5,7-8,11-14H2,(H,25,29)(H,27,28,30). The van der Waals surface area contributed by atoms with Gasteiger partial charge in [-0.15, -0.1) is 11.3 Å². The quantitative estimate of drug-likeness (QED) is 0.401. The van der Waals surface area contributed by atoms with Crippen LogP contribution in [0.25, 0.3) is 11.4 Å². The molecule has 2 heterocycles. The third-order valence-electron chi connectivity index (χ3n) is 5.87. The van der Waals surface area contributed by atoms with Gasteiger partial charge in [-0.05, 0) is 37.8 Å². The maximum absolute atomic E-state index is 12.1. The van der Waals surface area contributed by atoms with Gasteiger partial charge in [0.05, 0.1) is 17.3 Å². The molecule has 2 N–H and O–H groups in total. The average molecular weight is 471 g/mol. The Balaban J connectivity index is 1.09. The smallest absolute Gasteiger partial charge is 0.439 e. The molecule has 0 atom stereocenters. The Bertz CT molecular complexity index is 1080. The highest BCUT2D eigenvalue weighted by atomic mass is 32.1. The molecule has 33 heavy (non-hydrogen) atoms. The van der Waals surface area contributed by atoms with Crippen molar-refractivity contribution in [1.82, 2.24) is 20.4 Å². The fourth-order valence-corrected chi connectivity index (χ4v) is 4.97. The van der Waals surface area contributed by atoms with Gasteiger partial charge in [0, 0.05) is 36.2 Å². The van der Waals surface area contributed by atoms with Crippen molar-refractivity contribution >= 4 is 17.2 Å². The minimum Gasteiger partial charge on any atom is -0.494 e. The van der Waals surface area contributed by atoms with Crippen molar-refractivity contribution in [2.45, 2.75) is 63.7 Å². The second-order valence-electron chi connectivity index (χ2n) is 8.38. The van der Waals surface area contributed by atoms with E-state index in [4.69, 9.17) is 9.72 Å². The van der Waals surface area contributed by atoms with Crippen LogP contribution < -0.4 is 15.8 Å². The van der Waals surface area contributed by atoms with E-state index in [0.29, 0.717) is 42.6 Å². The Morgan fingerprint density at radius 1 is 1.24 bits per heavy atom. The van der Waals surface area contributed by atoms with Crippen molar-refractivity contribution in [3.63, 3.8) is 0 Å². The first-order chi connectivity index (χ1) is 16.2. The number of aromatic amines is 1. The van der Waals surface area contributed by atoms with Crippen molar-refractivity contribution in [3.8, 4) is 17.1 Å². The van der Waals surface area contributed by atoms with E-state index >= 15 is 0 Å². The molecule has 0 bridgehead atoms. The molecule has 1 amide bonds. The first-order valence-corrected chi connectivity index (χ1v) is 12.6. The molecule has 0 radical (unpaired) electrons. The largest absolute Gasteiger partial charge is 0.494 e. The SMILES string of the molecule is O=C(CCCCOc1cccc(-c2noc(=O)[nH]2)c1)NCCc1nc(C2CCCCC2)cs1. The van der Waals surface area contributed by atoms with Gasteiger partial charge < -0.3 is 10.1 Å². The second kappa shape index (κ2) is 11.8. The zero-order valence-corrected chi connectivity index (χ0v) is 19.5. The number of hydrogen-bond acceptors (Lipinski definition) is 7. The molecule has 9 heteroatoms. The van der Waals surface area contributed by atoms with Crippen LogP contribution in [0.3, 0.4) is 0 Å². The number of benzene rings is 1. The summed E-state index contributed by atoms with van der Waals surface area (Å²) in [6.45, 7) is 1.14. The van der Waals surface area contributed by atoms with Gasteiger partial charge in [0.1, 0.15) is 5.75 Å². The topological polar surface area (TPSA) is 110 Å². The van der Waals surface area contributed by atoms with E-state index in [1.165, 1.54) is 37.8 Å². The number of carbonyl (C=O) groups is 1. The van der Waals surface area contributed by atoms with Gasteiger partial charge in [-0.1, -0.05) is 36.6 Å². The summed E-state index contributed by atoms with van der Waals surface area (Å²) in [5.41, 5.74) is 1.96. The molecular formula is C24H30N4O4S. The van der Waals surface area contributed by atoms with E-state index in [9.17, 15) is 9.59 Å². The summed E-state index contributed by atoms with van der Waals surface area (Å²) in [6, 6.07) is 7.27. The summed E-state index contributed by atoms with van der Waals surface area (Å²) in [5.74, 6) is 1.15. The van der Waals surface area contributed by atoms with Gasteiger partial charge in [0.25, 0.3) is 0 Å². The predicted octanol–water partition coefficient (Wildman–Crippen LogP) is 4.44. The van der Waals surface area contributed by atoms with Crippen LogP contribution in [0.15, 0.2) is 39.0 Å². The monoisotopic (exact) mass is 470 g/mol. The lowest BCUT2D eigenvalue weighted by atomic mass is 9.87. The molecule has 2 aromatic heterocycles. The molecule has 0 unspecified atom stereocenters. The Labute approximate surface area is 196 Å². The van der Waals surface area contributed by atoms with Crippen LogP contribution in [-0.4, -0.2) is 34.2 Å². The summed E-state index contributed by atoms with van der Waals surface area (Å²) < 4.78 is 10.3. The number of H-pyrrole nitrogens is 1. The lowest BCUT2D eigenvalue weighted by Crippen LogP contribution is -2.25. The van der Waals surface area contributed by atoms with E-state index in [0.717, 1.165) is 24.3 Å². The number of amides is 1. The molecule has 1 fully saturated rings. The number of rotatable bonds is 11. The zero-order valence-electron chi connectivity index (χ0n) is 18.7. The number of nitrogens with zero attached hydrogens (tertiary/aromatic N) is 2. The van der Waals surface area contributed by atoms with Crippen LogP contribution >= 0.6 is 11.3 Å². The molecule has 0 spiro atoms. The molecule has 1 aliphatic rings. The molecule has 1 aromatic carbocycles. The van der Waals surface area contributed by atoms with Crippen LogP contribution in [0.5, 0.6) is 5.75 Å². The summed E-state index contributed by atoms with van der Waals surface area (Å²) >= 11 is 1.71. The Hall–Kier alpha value is -2.94. The Kier molecular flexibility index (Phi) is 8.30. The van der Waals surface area contributed by atoms with Crippen LogP contribution in [0.2, 0.25) is 0 Å². The van der Waals surface area contributed by atoms with Crippen molar-refractivity contribution in [3.05, 3.63) is 50.9 Å². The summed E-state index contributed by atoms with van der Waals surface area (Å²) in [4.78, 5) is 30.5. The van der Waals surface area contributed by atoms with Crippen LogP contribution in [-0.2, 0) is 11.2 Å². The van der Waals surface area contributed by atoms with Crippen LogP contribution in [0.4, 0.5) is 0 Å². The van der Waals surface area contributed by atoms with Crippen molar-refractivity contribution in [2.24, 2.45) is 0 Å². The molecule has 1 aliphatic carbocycles. The van der Waals surface area contributed by atoms with Gasteiger partial charge in [0.15, 0.2) is 5.82 Å². The van der Waals surface area contributed by atoms with Crippen molar-refractivity contribution in [1.29, 1.82) is 0 Å². The number of unbranched alkanes of at least 4 members (excludes halogenated alkanes) is 1. The molecule has 0 aliphatic heterocycles. The van der Waals surface area contributed by atoms with Gasteiger partial charge in [0.2, 0.25) is 5.91 Å². The maximum atomic E-state index is 12.1. The van der Waals surface area contributed by atoms with Crippen LogP contribution in [0, 0.1) is 0 Å². The van der Waals surface area contributed by atoms with Crippen molar-refractivity contribution in [2.75, 3.05) is 13.2 Å². The fourth-order valence-electron chi connectivity index (χ4n) is 4.09. The molecule has 4 rings (SSSR count). The van der Waals surface area contributed by atoms with E-state index in [2.05, 4.69) is 25.4 Å². The molecule has 8 nitrogen and oxygen atoms in total. The Morgan fingerprint density at radius 3 is 2.94 bits per heavy atom. The minimum absolute atomic E-state index is 0.0658.